The predicted octanol–water partition coefficient (Wildman–Crippen LogP) is 3.04. The van der Waals surface area contributed by atoms with Crippen LogP contribution < -0.4 is 0 Å². The highest BCUT2D eigenvalue weighted by Gasteiger charge is 2.28. The molecule has 1 saturated heterocycles. The van der Waals surface area contributed by atoms with E-state index in [0.717, 1.165) is 12.0 Å². The fourth-order valence-electron chi connectivity index (χ4n) is 3.23. The molecule has 0 spiro atoms. The zero-order valence-corrected chi connectivity index (χ0v) is 15.6. The zero-order chi connectivity index (χ0) is 19.2. The Morgan fingerprint density at radius 2 is 1.56 bits per heavy atom. The third kappa shape index (κ3) is 4.61. The number of amides is 3. The van der Waals surface area contributed by atoms with Crippen molar-refractivity contribution >= 4 is 17.7 Å². The maximum absolute atomic E-state index is 12.8. The summed E-state index contributed by atoms with van der Waals surface area (Å²) in [7, 11) is 0. The minimum Gasteiger partial charge on any atom is -0.339 e. The summed E-state index contributed by atoms with van der Waals surface area (Å²) < 4.78 is 0. The number of nitrogens with zero attached hydrogens (tertiary/aromatic N) is 2. The van der Waals surface area contributed by atoms with Crippen LogP contribution in [0.1, 0.15) is 41.3 Å². The van der Waals surface area contributed by atoms with Crippen LogP contribution in [0.5, 0.6) is 0 Å². The first-order chi connectivity index (χ1) is 13.1. The monoisotopic (exact) mass is 364 g/mol. The van der Waals surface area contributed by atoms with Crippen LogP contribution in [0.25, 0.3) is 0 Å². The molecule has 2 aromatic rings. The van der Waals surface area contributed by atoms with Gasteiger partial charge < -0.3 is 4.90 Å². The first kappa shape index (κ1) is 18.8. The lowest BCUT2D eigenvalue weighted by Crippen LogP contribution is -2.32. The van der Waals surface area contributed by atoms with E-state index in [2.05, 4.69) is 12.1 Å². The summed E-state index contributed by atoms with van der Waals surface area (Å²) >= 11 is 0. The van der Waals surface area contributed by atoms with E-state index >= 15 is 0 Å². The Labute approximate surface area is 159 Å². The van der Waals surface area contributed by atoms with Crippen molar-refractivity contribution in [1.82, 2.24) is 9.80 Å². The molecule has 0 atom stereocenters. The normalized spacial score (nSPS) is 13.9. The Bertz CT molecular complexity index is 799. The Kier molecular flexibility index (Phi) is 6.01. The summed E-state index contributed by atoms with van der Waals surface area (Å²) in [6.45, 7) is 3.56. The van der Waals surface area contributed by atoms with Gasteiger partial charge in [-0.3, -0.25) is 19.3 Å². The van der Waals surface area contributed by atoms with Gasteiger partial charge in [0.05, 0.1) is 6.54 Å². The van der Waals surface area contributed by atoms with Gasteiger partial charge in [-0.2, -0.15) is 0 Å². The van der Waals surface area contributed by atoms with Gasteiger partial charge in [-0.1, -0.05) is 42.5 Å². The van der Waals surface area contributed by atoms with Gasteiger partial charge in [0.15, 0.2) is 0 Å². The van der Waals surface area contributed by atoms with Crippen LogP contribution >= 0.6 is 0 Å². The molecule has 1 fully saturated rings. The van der Waals surface area contributed by atoms with Gasteiger partial charge in [0.1, 0.15) is 0 Å². The number of imide groups is 1. The lowest BCUT2D eigenvalue weighted by molar-refractivity contribution is -0.139. The molecule has 3 rings (SSSR count). The number of hydrogen-bond donors (Lipinski definition) is 0. The molecule has 5 nitrogen and oxygen atoms in total. The second-order valence-corrected chi connectivity index (χ2v) is 6.69. The van der Waals surface area contributed by atoms with Crippen molar-refractivity contribution in [2.75, 3.05) is 13.1 Å². The van der Waals surface area contributed by atoms with E-state index in [1.54, 1.807) is 12.1 Å². The largest absolute Gasteiger partial charge is 0.339 e. The van der Waals surface area contributed by atoms with Crippen molar-refractivity contribution < 1.29 is 14.4 Å². The molecule has 0 N–H and O–H groups in total. The molecule has 0 unspecified atom stereocenters. The Hall–Kier alpha value is -2.95. The zero-order valence-electron chi connectivity index (χ0n) is 15.6. The van der Waals surface area contributed by atoms with Crippen LogP contribution in [0.15, 0.2) is 54.6 Å². The second kappa shape index (κ2) is 8.62. The number of rotatable bonds is 7. The van der Waals surface area contributed by atoms with E-state index in [-0.39, 0.29) is 24.3 Å². The maximum Gasteiger partial charge on any atom is 0.253 e. The Morgan fingerprint density at radius 1 is 0.926 bits per heavy atom. The number of carbonyl (C=O) groups is 3. The van der Waals surface area contributed by atoms with Crippen LogP contribution in [-0.4, -0.2) is 40.6 Å². The fourth-order valence-corrected chi connectivity index (χ4v) is 3.23. The lowest BCUT2D eigenvalue weighted by atomic mass is 10.1. The third-order valence-corrected chi connectivity index (χ3v) is 4.88. The molecule has 1 heterocycles. The summed E-state index contributed by atoms with van der Waals surface area (Å²) in [4.78, 5) is 39.3. The van der Waals surface area contributed by atoms with E-state index < -0.39 is 0 Å². The highest BCUT2D eigenvalue weighted by atomic mass is 16.2. The van der Waals surface area contributed by atoms with E-state index in [4.69, 9.17) is 0 Å². The van der Waals surface area contributed by atoms with Gasteiger partial charge in [-0.25, -0.2) is 0 Å². The van der Waals surface area contributed by atoms with Crippen LogP contribution in [0.4, 0.5) is 0 Å². The summed E-state index contributed by atoms with van der Waals surface area (Å²) in [5, 5.41) is 0. The molecule has 140 valence electrons. The van der Waals surface area contributed by atoms with Crippen LogP contribution in [0.3, 0.4) is 0 Å². The molecular weight excluding hydrogens is 340 g/mol. The number of carbonyl (C=O) groups excluding carboxylic acids is 3. The summed E-state index contributed by atoms with van der Waals surface area (Å²) in [5.74, 6) is -0.259. The van der Waals surface area contributed by atoms with Crippen molar-refractivity contribution in [3.63, 3.8) is 0 Å². The predicted molar refractivity (Wildman–Crippen MR) is 103 cm³/mol. The minimum absolute atomic E-state index is 0.00620. The molecule has 0 aromatic heterocycles. The molecular formula is C22H24N2O3. The highest BCUT2D eigenvalue weighted by Crippen LogP contribution is 2.17. The molecule has 3 amide bonds. The van der Waals surface area contributed by atoms with E-state index in [0.29, 0.717) is 31.5 Å². The topological polar surface area (TPSA) is 57.7 Å². The SMILES string of the molecule is CCN(CCc1ccccc1)C(=O)c1ccc(CN2C(=O)CCC2=O)cc1. The quantitative estimate of drug-likeness (QED) is 0.710. The van der Waals surface area contributed by atoms with Crippen molar-refractivity contribution in [2.45, 2.75) is 32.7 Å². The molecule has 0 radical (unpaired) electrons. The third-order valence-electron chi connectivity index (χ3n) is 4.88. The molecule has 1 aliphatic heterocycles. The van der Waals surface area contributed by atoms with Gasteiger partial charge in [0, 0.05) is 31.5 Å². The second-order valence-electron chi connectivity index (χ2n) is 6.69. The van der Waals surface area contributed by atoms with Crippen molar-refractivity contribution in [3.05, 3.63) is 71.3 Å². The van der Waals surface area contributed by atoms with Gasteiger partial charge in [-0.15, -0.1) is 0 Å². The molecule has 27 heavy (non-hydrogen) atoms. The number of benzene rings is 2. The van der Waals surface area contributed by atoms with Gasteiger partial charge in [-0.05, 0) is 36.6 Å². The summed E-state index contributed by atoms with van der Waals surface area (Å²) in [5.41, 5.74) is 2.68. The molecule has 2 aromatic carbocycles. The molecule has 1 aliphatic rings. The standard InChI is InChI=1S/C22H24N2O3/c1-2-23(15-14-17-6-4-3-5-7-17)22(27)19-10-8-18(9-11-19)16-24-20(25)12-13-21(24)26/h3-11H,2,12-16H2,1H3. The van der Waals surface area contributed by atoms with Gasteiger partial charge >= 0.3 is 0 Å². The van der Waals surface area contributed by atoms with Crippen molar-refractivity contribution in [2.24, 2.45) is 0 Å². The first-order valence-corrected chi connectivity index (χ1v) is 9.34. The molecule has 0 aliphatic carbocycles. The van der Waals surface area contributed by atoms with Crippen molar-refractivity contribution in [3.8, 4) is 0 Å². The summed E-state index contributed by atoms with van der Waals surface area (Å²) in [6, 6.07) is 17.3. The van der Waals surface area contributed by atoms with Crippen LogP contribution in [0, 0.1) is 0 Å². The van der Waals surface area contributed by atoms with Crippen molar-refractivity contribution in [1.29, 1.82) is 0 Å². The van der Waals surface area contributed by atoms with Crippen LogP contribution in [-0.2, 0) is 22.6 Å². The van der Waals surface area contributed by atoms with Gasteiger partial charge in [0.25, 0.3) is 5.91 Å². The number of likely N-dealkylation sites (tertiary alicyclic amines) is 1. The smallest absolute Gasteiger partial charge is 0.253 e. The molecule has 5 heteroatoms. The number of likely N-dealkylation sites (N-methyl/N-ethyl adjacent to an activating group) is 1. The van der Waals surface area contributed by atoms with E-state index in [1.807, 2.05) is 42.2 Å². The Balaban J connectivity index is 1.61. The first-order valence-electron chi connectivity index (χ1n) is 9.34. The number of hydrogen-bond acceptors (Lipinski definition) is 3. The lowest BCUT2D eigenvalue weighted by Gasteiger charge is -2.21. The highest BCUT2D eigenvalue weighted by molar-refractivity contribution is 6.01. The van der Waals surface area contributed by atoms with Crippen LogP contribution in [0.2, 0.25) is 0 Å². The minimum atomic E-state index is -0.127. The summed E-state index contributed by atoms with van der Waals surface area (Å²) in [6.07, 6.45) is 1.41. The maximum atomic E-state index is 12.8. The molecule has 0 bridgehead atoms. The average Bonchev–Trinajstić information content (AvgIpc) is 3.01. The average molecular weight is 364 g/mol. The van der Waals surface area contributed by atoms with Gasteiger partial charge in [0.2, 0.25) is 11.8 Å². The fraction of sp³-hybridized carbons (Fsp3) is 0.318. The van der Waals surface area contributed by atoms with E-state index in [1.165, 1.54) is 10.5 Å². The molecule has 0 saturated carbocycles. The Morgan fingerprint density at radius 3 is 2.15 bits per heavy atom. The van der Waals surface area contributed by atoms with E-state index in [9.17, 15) is 14.4 Å².